The van der Waals surface area contributed by atoms with Gasteiger partial charge in [-0.1, -0.05) is 19.1 Å². The molecule has 0 saturated carbocycles. The standard InChI is InChI=1S/C26H33N7O/c1-17-14-18(2)28-25(27-17)31-21-11-8-7-10-20(21)24(34)33-13-9-12-26(4,16-33)22-15-23(32(5)6)30-19(3)29-22/h7-8,10-11,14-15H,9,12-13,16H2,1-6H3,(H,27,28,31)/t26-/m1/s1. The second-order valence-electron chi connectivity index (χ2n) is 9.59. The van der Waals surface area contributed by atoms with Gasteiger partial charge in [0.15, 0.2) is 0 Å². The summed E-state index contributed by atoms with van der Waals surface area (Å²) in [7, 11) is 3.96. The number of nitrogens with zero attached hydrogens (tertiary/aromatic N) is 6. The van der Waals surface area contributed by atoms with Crippen molar-refractivity contribution in [2.75, 3.05) is 37.4 Å². The zero-order valence-electron chi connectivity index (χ0n) is 20.9. The third-order valence-electron chi connectivity index (χ3n) is 6.27. The van der Waals surface area contributed by atoms with E-state index < -0.39 is 0 Å². The number of benzene rings is 1. The van der Waals surface area contributed by atoms with Crippen LogP contribution in [0.4, 0.5) is 17.5 Å². The van der Waals surface area contributed by atoms with E-state index in [0.29, 0.717) is 30.3 Å². The van der Waals surface area contributed by atoms with Gasteiger partial charge < -0.3 is 15.1 Å². The van der Waals surface area contributed by atoms with Crippen molar-refractivity contribution in [3.63, 3.8) is 0 Å². The predicted molar refractivity (Wildman–Crippen MR) is 135 cm³/mol. The van der Waals surface area contributed by atoms with E-state index >= 15 is 0 Å². The Morgan fingerprint density at radius 2 is 1.74 bits per heavy atom. The molecule has 8 nitrogen and oxygen atoms in total. The molecule has 1 aromatic carbocycles. The van der Waals surface area contributed by atoms with Crippen molar-refractivity contribution < 1.29 is 4.79 Å². The molecule has 4 rings (SSSR count). The summed E-state index contributed by atoms with van der Waals surface area (Å²) >= 11 is 0. The van der Waals surface area contributed by atoms with Crippen LogP contribution in [0, 0.1) is 20.8 Å². The molecule has 1 aliphatic heterocycles. The highest BCUT2D eigenvalue weighted by atomic mass is 16.2. The highest BCUT2D eigenvalue weighted by molar-refractivity contribution is 6.00. The number of likely N-dealkylation sites (tertiary alicyclic amines) is 1. The molecular formula is C26H33N7O. The number of anilines is 3. The van der Waals surface area contributed by atoms with Crippen molar-refractivity contribution in [3.8, 4) is 0 Å². The minimum absolute atomic E-state index is 0.00277. The smallest absolute Gasteiger partial charge is 0.255 e. The normalized spacial score (nSPS) is 18.0. The number of carbonyl (C=O) groups excluding carboxylic acids is 1. The average Bonchev–Trinajstić information content (AvgIpc) is 2.78. The summed E-state index contributed by atoms with van der Waals surface area (Å²) in [5.74, 6) is 2.12. The van der Waals surface area contributed by atoms with Gasteiger partial charge in [-0.2, -0.15) is 0 Å². The molecule has 1 N–H and O–H groups in total. The first-order chi connectivity index (χ1) is 16.1. The van der Waals surface area contributed by atoms with Crippen molar-refractivity contribution >= 4 is 23.4 Å². The molecule has 0 radical (unpaired) electrons. The Hall–Kier alpha value is -3.55. The van der Waals surface area contributed by atoms with Crippen LogP contribution in [0.25, 0.3) is 0 Å². The van der Waals surface area contributed by atoms with Crippen LogP contribution >= 0.6 is 0 Å². The molecule has 1 aliphatic rings. The van der Waals surface area contributed by atoms with Crippen molar-refractivity contribution in [2.45, 2.75) is 46.0 Å². The van der Waals surface area contributed by atoms with E-state index in [1.807, 2.05) is 81.1 Å². The van der Waals surface area contributed by atoms with E-state index in [-0.39, 0.29) is 11.3 Å². The van der Waals surface area contributed by atoms with Crippen LogP contribution < -0.4 is 10.2 Å². The van der Waals surface area contributed by atoms with Gasteiger partial charge in [0.2, 0.25) is 5.95 Å². The van der Waals surface area contributed by atoms with Crippen molar-refractivity contribution in [3.05, 3.63) is 64.9 Å². The predicted octanol–water partition coefficient (Wildman–Crippen LogP) is 4.20. The molecule has 1 saturated heterocycles. The summed E-state index contributed by atoms with van der Waals surface area (Å²) < 4.78 is 0. The van der Waals surface area contributed by atoms with Gasteiger partial charge in [0, 0.05) is 50.1 Å². The number of rotatable bonds is 5. The highest BCUT2D eigenvalue weighted by Crippen LogP contribution is 2.35. The van der Waals surface area contributed by atoms with Gasteiger partial charge in [0.1, 0.15) is 11.6 Å². The lowest BCUT2D eigenvalue weighted by molar-refractivity contribution is 0.0648. The molecule has 2 aromatic heterocycles. The van der Waals surface area contributed by atoms with Gasteiger partial charge in [-0.05, 0) is 51.8 Å². The second-order valence-corrected chi connectivity index (χ2v) is 9.59. The third kappa shape index (κ3) is 5.00. The molecule has 1 atom stereocenters. The molecule has 1 amide bonds. The van der Waals surface area contributed by atoms with Gasteiger partial charge in [-0.3, -0.25) is 4.79 Å². The van der Waals surface area contributed by atoms with Crippen LogP contribution in [0.1, 0.15) is 53.0 Å². The zero-order valence-corrected chi connectivity index (χ0v) is 20.9. The molecule has 178 valence electrons. The minimum Gasteiger partial charge on any atom is -0.363 e. The number of aromatic nitrogens is 4. The molecular weight excluding hydrogens is 426 g/mol. The van der Waals surface area contributed by atoms with Gasteiger partial charge >= 0.3 is 0 Å². The fraction of sp³-hybridized carbons (Fsp3) is 0.423. The summed E-state index contributed by atoms with van der Waals surface area (Å²) in [4.78, 5) is 35.9. The lowest BCUT2D eigenvalue weighted by atomic mass is 9.78. The first-order valence-electron chi connectivity index (χ1n) is 11.7. The van der Waals surface area contributed by atoms with Gasteiger partial charge in [0.05, 0.1) is 16.9 Å². The Morgan fingerprint density at radius 3 is 2.44 bits per heavy atom. The van der Waals surface area contributed by atoms with Crippen LogP contribution in [0.5, 0.6) is 0 Å². The number of piperidine rings is 1. The number of para-hydroxylation sites is 1. The monoisotopic (exact) mass is 459 g/mol. The van der Waals surface area contributed by atoms with Crippen molar-refractivity contribution in [1.82, 2.24) is 24.8 Å². The Kier molecular flexibility index (Phi) is 6.50. The number of amides is 1. The third-order valence-corrected chi connectivity index (χ3v) is 6.27. The van der Waals surface area contributed by atoms with E-state index in [1.54, 1.807) is 0 Å². The number of aryl methyl sites for hydroxylation is 3. The Balaban J connectivity index is 1.61. The lowest BCUT2D eigenvalue weighted by Crippen LogP contribution is -2.47. The zero-order chi connectivity index (χ0) is 24.5. The molecule has 3 heterocycles. The summed E-state index contributed by atoms with van der Waals surface area (Å²) in [6.07, 6.45) is 1.88. The van der Waals surface area contributed by atoms with E-state index in [2.05, 4.69) is 27.2 Å². The second kappa shape index (κ2) is 9.37. The van der Waals surface area contributed by atoms with Crippen molar-refractivity contribution in [2.24, 2.45) is 0 Å². The molecule has 0 spiro atoms. The lowest BCUT2D eigenvalue weighted by Gasteiger charge is -2.40. The molecule has 0 unspecified atom stereocenters. The van der Waals surface area contributed by atoms with E-state index in [0.717, 1.165) is 41.6 Å². The minimum atomic E-state index is -0.245. The molecule has 34 heavy (non-hydrogen) atoms. The molecule has 0 aliphatic carbocycles. The van der Waals surface area contributed by atoms with Gasteiger partial charge in [-0.25, -0.2) is 19.9 Å². The highest BCUT2D eigenvalue weighted by Gasteiger charge is 2.37. The Bertz CT molecular complexity index is 1190. The van der Waals surface area contributed by atoms with E-state index in [9.17, 15) is 4.79 Å². The molecule has 3 aromatic rings. The molecule has 1 fully saturated rings. The Labute approximate surface area is 201 Å². The largest absolute Gasteiger partial charge is 0.363 e. The van der Waals surface area contributed by atoms with Gasteiger partial charge in [0.25, 0.3) is 5.91 Å². The maximum Gasteiger partial charge on any atom is 0.255 e. The first-order valence-corrected chi connectivity index (χ1v) is 11.7. The molecule has 8 heteroatoms. The van der Waals surface area contributed by atoms with Crippen molar-refractivity contribution in [1.29, 1.82) is 0 Å². The quantitative estimate of drug-likeness (QED) is 0.612. The summed E-state index contributed by atoms with van der Waals surface area (Å²) in [5, 5.41) is 3.26. The fourth-order valence-electron chi connectivity index (χ4n) is 4.56. The maximum absolute atomic E-state index is 13.7. The number of hydrogen-bond donors (Lipinski definition) is 1. The van der Waals surface area contributed by atoms with Crippen LogP contribution in [-0.2, 0) is 5.41 Å². The van der Waals surface area contributed by atoms with Crippen LogP contribution in [0.2, 0.25) is 0 Å². The maximum atomic E-state index is 13.7. The average molecular weight is 460 g/mol. The number of carbonyl (C=O) groups is 1. The molecule has 0 bridgehead atoms. The van der Waals surface area contributed by atoms with E-state index in [1.165, 1.54) is 0 Å². The van der Waals surface area contributed by atoms with E-state index in [4.69, 9.17) is 4.98 Å². The topological polar surface area (TPSA) is 87.1 Å². The SMILES string of the molecule is Cc1cc(C)nc(Nc2ccccc2C(=O)N2CCC[C@@](C)(c3cc(N(C)C)nc(C)n3)C2)n1. The fourth-order valence-corrected chi connectivity index (χ4v) is 4.56. The van der Waals surface area contributed by atoms with Crippen LogP contribution in [-0.4, -0.2) is 57.9 Å². The van der Waals surface area contributed by atoms with Crippen LogP contribution in [0.3, 0.4) is 0 Å². The van der Waals surface area contributed by atoms with Gasteiger partial charge in [-0.15, -0.1) is 0 Å². The van der Waals surface area contributed by atoms with Crippen LogP contribution in [0.15, 0.2) is 36.4 Å². The number of nitrogens with one attached hydrogen (secondary N) is 1. The Morgan fingerprint density at radius 1 is 1.03 bits per heavy atom. The number of hydrogen-bond acceptors (Lipinski definition) is 7. The first kappa shape index (κ1) is 23.6. The summed E-state index contributed by atoms with van der Waals surface area (Å²) in [5.41, 5.74) is 3.81. The summed E-state index contributed by atoms with van der Waals surface area (Å²) in [6, 6.07) is 11.5. The summed E-state index contributed by atoms with van der Waals surface area (Å²) in [6.45, 7) is 9.30.